The monoisotopic (exact) mass is 488 g/mol. The lowest BCUT2D eigenvalue weighted by Crippen LogP contribution is -2.41. The van der Waals surface area contributed by atoms with Crippen LogP contribution in [-0.4, -0.2) is 31.2 Å². The third kappa shape index (κ3) is 2.88. The number of aliphatic hydroxyl groups is 1. The quantitative estimate of drug-likeness (QED) is 0.653. The van der Waals surface area contributed by atoms with Gasteiger partial charge in [-0.15, -0.1) is 11.3 Å². The number of hydrogen-bond acceptors (Lipinski definition) is 5. The zero-order chi connectivity index (χ0) is 17.7. The highest BCUT2D eigenvalue weighted by Gasteiger charge is 2.45. The summed E-state index contributed by atoms with van der Waals surface area (Å²) in [7, 11) is -4.62. The highest BCUT2D eigenvalue weighted by Crippen LogP contribution is 2.45. The molecular formula is C13H8F3IN2O3S2. The van der Waals surface area contributed by atoms with Crippen LogP contribution in [0.2, 0.25) is 0 Å². The molecule has 0 unspecified atom stereocenters. The van der Waals surface area contributed by atoms with E-state index in [2.05, 4.69) is 4.98 Å². The molecule has 0 aliphatic carbocycles. The van der Waals surface area contributed by atoms with E-state index in [1.165, 1.54) is 11.6 Å². The summed E-state index contributed by atoms with van der Waals surface area (Å²) in [6.45, 7) is -1.72. The second-order valence-electron chi connectivity index (χ2n) is 4.79. The zero-order valence-corrected chi connectivity index (χ0v) is 15.4. The van der Waals surface area contributed by atoms with Crippen molar-refractivity contribution >= 4 is 60.4 Å². The molecule has 2 aromatic rings. The summed E-state index contributed by atoms with van der Waals surface area (Å²) >= 11 is 2.73. The minimum atomic E-state index is -4.75. The van der Waals surface area contributed by atoms with E-state index in [1.54, 1.807) is 18.2 Å². The molecule has 0 saturated heterocycles. The molecule has 1 N–H and O–H groups in total. The average molecular weight is 488 g/mol. The summed E-state index contributed by atoms with van der Waals surface area (Å²) in [4.78, 5) is 3.13. The van der Waals surface area contributed by atoms with Crippen LogP contribution in [0.3, 0.4) is 0 Å². The van der Waals surface area contributed by atoms with Crippen LogP contribution in [0, 0.1) is 3.57 Å². The van der Waals surface area contributed by atoms with Gasteiger partial charge in [-0.1, -0.05) is 18.2 Å². The smallest absolute Gasteiger partial charge is 0.407 e. The normalized spacial score (nSPS) is 17.1. The molecule has 0 spiro atoms. The highest BCUT2D eigenvalue weighted by molar-refractivity contribution is 14.1. The number of nitrogens with zero attached hydrogens (tertiary/aromatic N) is 2. The van der Waals surface area contributed by atoms with Crippen LogP contribution in [0.4, 0.5) is 19.0 Å². The third-order valence-electron chi connectivity index (χ3n) is 3.20. The number of alkyl halides is 3. The first-order valence-electron chi connectivity index (χ1n) is 6.34. The first-order chi connectivity index (χ1) is 11.1. The molecule has 5 nitrogen and oxygen atoms in total. The van der Waals surface area contributed by atoms with Crippen molar-refractivity contribution in [3.63, 3.8) is 0 Å². The second-order valence-corrected chi connectivity index (χ2v) is 8.61. The zero-order valence-electron chi connectivity index (χ0n) is 11.6. The van der Waals surface area contributed by atoms with Crippen LogP contribution < -0.4 is 4.31 Å². The molecule has 1 aromatic heterocycles. The SMILES string of the molecule is O=S1(=O)C(c2ccccc2I)=C(O)c2scnc2N1CC(F)(F)F. The van der Waals surface area contributed by atoms with Crippen LogP contribution in [0.25, 0.3) is 10.7 Å². The van der Waals surface area contributed by atoms with Crippen LogP contribution in [0.15, 0.2) is 29.8 Å². The molecule has 0 atom stereocenters. The molecule has 0 radical (unpaired) electrons. The summed E-state index contributed by atoms with van der Waals surface area (Å²) in [6, 6.07) is 6.23. The number of anilines is 1. The Balaban J connectivity index is 2.29. The fraction of sp³-hybridized carbons (Fsp3) is 0.154. The van der Waals surface area contributed by atoms with Crippen molar-refractivity contribution in [2.24, 2.45) is 0 Å². The van der Waals surface area contributed by atoms with Crippen molar-refractivity contribution in [3.8, 4) is 0 Å². The number of rotatable bonds is 2. The van der Waals surface area contributed by atoms with Gasteiger partial charge in [-0.2, -0.15) is 13.2 Å². The van der Waals surface area contributed by atoms with Crippen molar-refractivity contribution in [3.05, 3.63) is 43.8 Å². The third-order valence-corrected chi connectivity index (χ3v) is 6.78. The fourth-order valence-electron chi connectivity index (χ4n) is 2.26. The van der Waals surface area contributed by atoms with Gasteiger partial charge in [-0.25, -0.2) is 17.7 Å². The summed E-state index contributed by atoms with van der Waals surface area (Å²) in [6.07, 6.45) is -4.75. The van der Waals surface area contributed by atoms with Crippen molar-refractivity contribution in [2.45, 2.75) is 6.18 Å². The lowest BCUT2D eigenvalue weighted by Gasteiger charge is -2.29. The number of benzene rings is 1. The number of fused-ring (bicyclic) bond motifs is 1. The molecule has 0 bridgehead atoms. The van der Waals surface area contributed by atoms with Crippen molar-refractivity contribution < 1.29 is 26.7 Å². The fourth-order valence-corrected chi connectivity index (χ4v) is 5.67. The maximum atomic E-state index is 12.9. The van der Waals surface area contributed by atoms with E-state index in [9.17, 15) is 26.7 Å². The molecule has 1 aliphatic rings. The Hall–Kier alpha value is -1.34. The molecular weight excluding hydrogens is 480 g/mol. The minimum absolute atomic E-state index is 0.0104. The van der Waals surface area contributed by atoms with E-state index in [-0.39, 0.29) is 14.7 Å². The number of aliphatic hydroxyl groups excluding tert-OH is 1. The summed E-state index contributed by atoms with van der Waals surface area (Å²) < 4.78 is 64.9. The van der Waals surface area contributed by atoms with Gasteiger partial charge in [0.15, 0.2) is 11.6 Å². The number of sulfonamides is 1. The molecule has 3 rings (SSSR count). The standard InChI is InChI=1S/C13H8F3IN2O3S2/c14-13(15,16)5-19-12-10(23-6-18-12)9(20)11(24(19,21)22)7-3-1-2-4-8(7)17/h1-4,6,20H,5H2. The van der Waals surface area contributed by atoms with E-state index in [4.69, 9.17) is 0 Å². The van der Waals surface area contributed by atoms with Crippen molar-refractivity contribution in [2.75, 3.05) is 10.8 Å². The van der Waals surface area contributed by atoms with Crippen LogP contribution in [0.1, 0.15) is 10.4 Å². The highest BCUT2D eigenvalue weighted by atomic mass is 127. The van der Waals surface area contributed by atoms with E-state index in [1.807, 2.05) is 22.6 Å². The maximum absolute atomic E-state index is 12.9. The number of hydrogen-bond donors (Lipinski definition) is 1. The molecule has 24 heavy (non-hydrogen) atoms. The Kier molecular flexibility index (Phi) is 4.28. The lowest BCUT2D eigenvalue weighted by molar-refractivity contribution is -0.117. The van der Waals surface area contributed by atoms with Gasteiger partial charge in [0.2, 0.25) is 0 Å². The molecule has 11 heteroatoms. The van der Waals surface area contributed by atoms with Gasteiger partial charge in [0.1, 0.15) is 16.3 Å². The Bertz CT molecular complexity index is 938. The average Bonchev–Trinajstić information content (AvgIpc) is 2.94. The summed E-state index contributed by atoms with van der Waals surface area (Å²) in [5.74, 6) is -1.00. The molecule has 0 fully saturated rings. The summed E-state index contributed by atoms with van der Waals surface area (Å²) in [5, 5.41) is 10.4. The lowest BCUT2D eigenvalue weighted by atomic mass is 10.2. The first-order valence-corrected chi connectivity index (χ1v) is 9.74. The largest absolute Gasteiger partial charge is 0.505 e. The topological polar surface area (TPSA) is 70.5 Å². The maximum Gasteiger partial charge on any atom is 0.407 e. The predicted molar refractivity (Wildman–Crippen MR) is 93.0 cm³/mol. The number of aromatic nitrogens is 1. The molecule has 0 amide bonds. The predicted octanol–water partition coefficient (Wildman–Crippen LogP) is 3.84. The Morgan fingerprint density at radius 3 is 2.58 bits per heavy atom. The van der Waals surface area contributed by atoms with Gasteiger partial charge in [-0.3, -0.25) is 0 Å². The Morgan fingerprint density at radius 2 is 1.96 bits per heavy atom. The van der Waals surface area contributed by atoms with Gasteiger partial charge >= 0.3 is 6.18 Å². The van der Waals surface area contributed by atoms with E-state index < -0.39 is 39.2 Å². The van der Waals surface area contributed by atoms with Gasteiger partial charge in [-0.05, 0) is 28.7 Å². The summed E-state index contributed by atoms with van der Waals surface area (Å²) in [5.41, 5.74) is 1.33. The van der Waals surface area contributed by atoms with Crippen LogP contribution in [-0.2, 0) is 10.0 Å². The van der Waals surface area contributed by atoms with Gasteiger partial charge < -0.3 is 5.11 Å². The molecule has 0 saturated carbocycles. The number of halogens is 4. The van der Waals surface area contributed by atoms with Crippen molar-refractivity contribution in [1.82, 2.24) is 4.98 Å². The van der Waals surface area contributed by atoms with E-state index in [0.717, 1.165) is 11.3 Å². The first kappa shape index (κ1) is 17.5. The van der Waals surface area contributed by atoms with Gasteiger partial charge in [0.05, 0.1) is 5.51 Å². The molecule has 2 heterocycles. The second kappa shape index (κ2) is 5.88. The Morgan fingerprint density at radius 1 is 1.29 bits per heavy atom. The number of thiazole rings is 1. The van der Waals surface area contributed by atoms with Crippen molar-refractivity contribution in [1.29, 1.82) is 0 Å². The van der Waals surface area contributed by atoms with Gasteiger partial charge in [0, 0.05) is 9.13 Å². The van der Waals surface area contributed by atoms with Crippen LogP contribution >= 0.6 is 33.9 Å². The van der Waals surface area contributed by atoms with E-state index in [0.29, 0.717) is 3.57 Å². The molecule has 1 aliphatic heterocycles. The molecule has 1 aromatic carbocycles. The van der Waals surface area contributed by atoms with Crippen LogP contribution in [0.5, 0.6) is 0 Å². The Labute approximate surface area is 152 Å². The van der Waals surface area contributed by atoms with Gasteiger partial charge in [0.25, 0.3) is 10.0 Å². The minimum Gasteiger partial charge on any atom is -0.505 e. The molecule has 128 valence electrons. The van der Waals surface area contributed by atoms with E-state index >= 15 is 0 Å².